The molecule has 0 saturated carbocycles. The van der Waals surface area contributed by atoms with Crippen LogP contribution in [0.3, 0.4) is 0 Å². The van der Waals surface area contributed by atoms with Crippen LogP contribution in [0.4, 0.5) is 5.69 Å². The highest BCUT2D eigenvalue weighted by atomic mass is 79.9. The van der Waals surface area contributed by atoms with Gasteiger partial charge in [0.1, 0.15) is 4.99 Å². The van der Waals surface area contributed by atoms with Gasteiger partial charge in [-0.1, -0.05) is 41.5 Å². The third-order valence-electron chi connectivity index (χ3n) is 3.05. The van der Waals surface area contributed by atoms with Crippen molar-refractivity contribution in [1.82, 2.24) is 0 Å². The topological polar surface area (TPSA) is 38.0 Å². The molecule has 0 aliphatic heterocycles. The van der Waals surface area contributed by atoms with Gasteiger partial charge in [0.15, 0.2) is 0 Å². The fourth-order valence-corrected chi connectivity index (χ4v) is 3.46. The first-order valence-electron chi connectivity index (χ1n) is 6.19. The number of hydrogen-bond acceptors (Lipinski definition) is 2. The molecule has 1 unspecified atom stereocenters. The van der Waals surface area contributed by atoms with Crippen molar-refractivity contribution in [2.45, 2.75) is 13.0 Å². The average Bonchev–Trinajstić information content (AvgIpc) is 2.37. The molecule has 0 aliphatic rings. The van der Waals surface area contributed by atoms with Crippen LogP contribution >= 0.6 is 51.3 Å². The molecule has 0 aliphatic carbocycles. The summed E-state index contributed by atoms with van der Waals surface area (Å²) in [5.74, 6) is 0. The van der Waals surface area contributed by atoms with E-state index >= 15 is 0 Å². The van der Waals surface area contributed by atoms with Crippen LogP contribution in [-0.4, -0.2) is 4.99 Å². The predicted octanol–water partition coefficient (Wildman–Crippen LogP) is 5.56. The molecule has 2 aromatic carbocycles. The van der Waals surface area contributed by atoms with Crippen LogP contribution in [0.5, 0.6) is 0 Å². The van der Waals surface area contributed by atoms with Crippen molar-refractivity contribution < 1.29 is 0 Å². The molecule has 0 spiro atoms. The van der Waals surface area contributed by atoms with E-state index in [2.05, 4.69) is 21.2 Å². The number of benzene rings is 2. The lowest BCUT2D eigenvalue weighted by atomic mass is 10.1. The molecule has 1 atom stereocenters. The number of halogens is 3. The SMILES string of the molecule is CC(Nc1ccc(C(N)=S)c(Br)c1)c1ccc(Cl)cc1Cl. The predicted molar refractivity (Wildman–Crippen MR) is 98.5 cm³/mol. The molecule has 0 amide bonds. The fraction of sp³-hybridized carbons (Fsp3) is 0.133. The number of rotatable bonds is 4. The van der Waals surface area contributed by atoms with Crippen LogP contribution in [0.1, 0.15) is 24.1 Å². The molecule has 2 nitrogen and oxygen atoms in total. The lowest BCUT2D eigenvalue weighted by Gasteiger charge is -2.18. The first-order chi connectivity index (χ1) is 9.88. The molecule has 0 fully saturated rings. The number of anilines is 1. The molecule has 0 bridgehead atoms. The summed E-state index contributed by atoms with van der Waals surface area (Å²) in [5.41, 5.74) is 8.38. The first kappa shape index (κ1) is 16.6. The van der Waals surface area contributed by atoms with Crippen LogP contribution in [0.2, 0.25) is 10.0 Å². The lowest BCUT2D eigenvalue weighted by molar-refractivity contribution is 0.885. The molecule has 0 radical (unpaired) electrons. The van der Waals surface area contributed by atoms with Gasteiger partial charge in [0, 0.05) is 31.8 Å². The molecule has 3 N–H and O–H groups in total. The molecular weight excluding hydrogens is 391 g/mol. The van der Waals surface area contributed by atoms with Crippen LogP contribution in [-0.2, 0) is 0 Å². The van der Waals surface area contributed by atoms with Crippen LogP contribution in [0.15, 0.2) is 40.9 Å². The summed E-state index contributed by atoms with van der Waals surface area (Å²) in [4.78, 5) is 0.363. The number of hydrogen-bond donors (Lipinski definition) is 2. The Hall–Kier alpha value is -0.810. The lowest BCUT2D eigenvalue weighted by Crippen LogP contribution is -2.11. The highest BCUT2D eigenvalue weighted by Gasteiger charge is 2.11. The first-order valence-corrected chi connectivity index (χ1v) is 8.15. The van der Waals surface area contributed by atoms with Crippen LogP contribution in [0.25, 0.3) is 0 Å². The summed E-state index contributed by atoms with van der Waals surface area (Å²) in [6, 6.07) is 11.3. The minimum atomic E-state index is 0.0392. The zero-order valence-corrected chi connectivity index (χ0v) is 15.1. The Balaban J connectivity index is 2.21. The molecule has 21 heavy (non-hydrogen) atoms. The van der Waals surface area contributed by atoms with E-state index in [-0.39, 0.29) is 6.04 Å². The molecule has 2 aromatic rings. The Morgan fingerprint density at radius 3 is 2.52 bits per heavy atom. The van der Waals surface area contributed by atoms with Gasteiger partial charge in [0.05, 0.1) is 0 Å². The normalized spacial score (nSPS) is 12.0. The Labute approximate surface area is 147 Å². The average molecular weight is 404 g/mol. The Kier molecular flexibility index (Phi) is 5.49. The third kappa shape index (κ3) is 4.10. The minimum absolute atomic E-state index is 0.0392. The molecular formula is C15H13BrCl2N2S. The zero-order valence-electron chi connectivity index (χ0n) is 11.2. The van der Waals surface area contributed by atoms with Gasteiger partial charge >= 0.3 is 0 Å². The van der Waals surface area contributed by atoms with Crippen molar-refractivity contribution in [2.75, 3.05) is 5.32 Å². The number of thiocarbonyl (C=S) groups is 1. The summed E-state index contributed by atoms with van der Waals surface area (Å²) in [5, 5.41) is 4.65. The summed E-state index contributed by atoms with van der Waals surface area (Å²) in [6.07, 6.45) is 0. The van der Waals surface area contributed by atoms with Gasteiger partial charge in [-0.25, -0.2) is 0 Å². The molecule has 6 heteroatoms. The fourth-order valence-electron chi connectivity index (χ4n) is 1.99. The largest absolute Gasteiger partial charge is 0.389 e. The second-order valence-corrected chi connectivity index (χ2v) is 6.73. The summed E-state index contributed by atoms with van der Waals surface area (Å²) < 4.78 is 0.856. The number of nitrogens with one attached hydrogen (secondary N) is 1. The highest BCUT2D eigenvalue weighted by molar-refractivity contribution is 9.10. The second-order valence-electron chi connectivity index (χ2n) is 4.59. The Morgan fingerprint density at radius 2 is 1.95 bits per heavy atom. The molecule has 110 valence electrons. The van der Waals surface area contributed by atoms with E-state index in [1.165, 1.54) is 0 Å². The molecule has 0 saturated heterocycles. The summed E-state index contributed by atoms with van der Waals surface area (Å²) >= 11 is 20.6. The van der Waals surface area contributed by atoms with Crippen molar-refractivity contribution in [2.24, 2.45) is 5.73 Å². The van der Waals surface area contributed by atoms with E-state index in [0.29, 0.717) is 15.0 Å². The van der Waals surface area contributed by atoms with E-state index in [0.717, 1.165) is 21.3 Å². The van der Waals surface area contributed by atoms with Crippen molar-refractivity contribution in [3.8, 4) is 0 Å². The smallest absolute Gasteiger partial charge is 0.105 e. The van der Waals surface area contributed by atoms with Gasteiger partial charge in [-0.2, -0.15) is 0 Å². The maximum atomic E-state index is 6.22. The zero-order chi connectivity index (χ0) is 15.6. The third-order valence-corrected chi connectivity index (χ3v) is 4.49. The standard InChI is InChI=1S/C15H13BrCl2N2S/c1-8(11-4-2-9(17)6-14(11)18)20-10-3-5-12(15(19)21)13(16)7-10/h2-8,20H,1H3,(H2,19,21). The molecule has 0 aromatic heterocycles. The van der Waals surface area contributed by atoms with Crippen molar-refractivity contribution in [3.05, 3.63) is 62.0 Å². The Morgan fingerprint density at radius 1 is 1.24 bits per heavy atom. The summed E-state index contributed by atoms with van der Waals surface area (Å²) in [7, 11) is 0. The minimum Gasteiger partial charge on any atom is -0.389 e. The van der Waals surface area contributed by atoms with Gasteiger partial charge in [0.25, 0.3) is 0 Å². The number of nitrogens with two attached hydrogens (primary N) is 1. The quantitative estimate of drug-likeness (QED) is 0.656. The maximum Gasteiger partial charge on any atom is 0.105 e. The van der Waals surface area contributed by atoms with Crippen molar-refractivity contribution in [1.29, 1.82) is 0 Å². The van der Waals surface area contributed by atoms with Crippen LogP contribution in [0, 0.1) is 0 Å². The van der Waals surface area contributed by atoms with E-state index in [1.54, 1.807) is 6.07 Å². The van der Waals surface area contributed by atoms with Crippen molar-refractivity contribution >= 4 is 62.0 Å². The van der Waals surface area contributed by atoms with E-state index in [1.807, 2.05) is 37.3 Å². The van der Waals surface area contributed by atoms with Gasteiger partial charge in [-0.3, -0.25) is 0 Å². The molecule has 0 heterocycles. The van der Waals surface area contributed by atoms with E-state index in [9.17, 15) is 0 Å². The van der Waals surface area contributed by atoms with Gasteiger partial charge < -0.3 is 11.1 Å². The Bertz CT molecular complexity index is 691. The van der Waals surface area contributed by atoms with Crippen LogP contribution < -0.4 is 11.1 Å². The van der Waals surface area contributed by atoms with Gasteiger partial charge in [-0.05, 0) is 58.7 Å². The summed E-state index contributed by atoms with van der Waals surface area (Å²) in [6.45, 7) is 2.03. The van der Waals surface area contributed by atoms with E-state index < -0.39 is 0 Å². The van der Waals surface area contributed by atoms with E-state index in [4.69, 9.17) is 41.2 Å². The van der Waals surface area contributed by atoms with Crippen molar-refractivity contribution in [3.63, 3.8) is 0 Å². The molecule has 2 rings (SSSR count). The maximum absolute atomic E-state index is 6.22. The highest BCUT2D eigenvalue weighted by Crippen LogP contribution is 2.29. The van der Waals surface area contributed by atoms with Gasteiger partial charge in [0.2, 0.25) is 0 Å². The monoisotopic (exact) mass is 402 g/mol. The second kappa shape index (κ2) is 6.97. The van der Waals surface area contributed by atoms with Gasteiger partial charge in [-0.15, -0.1) is 0 Å².